The topological polar surface area (TPSA) is 87.9 Å². The predicted octanol–water partition coefficient (Wildman–Crippen LogP) is 1.14. The van der Waals surface area contributed by atoms with Crippen molar-refractivity contribution in [1.29, 1.82) is 0 Å². The Morgan fingerprint density at radius 2 is 1.94 bits per heavy atom. The van der Waals surface area contributed by atoms with E-state index in [-0.39, 0.29) is 42.0 Å². The zero-order chi connectivity index (χ0) is 22.2. The second-order valence-electron chi connectivity index (χ2n) is 8.90. The Labute approximate surface area is 187 Å². The van der Waals surface area contributed by atoms with E-state index in [4.69, 9.17) is 4.74 Å². The van der Waals surface area contributed by atoms with E-state index in [2.05, 4.69) is 16.8 Å². The molecule has 2 aromatic rings. The summed E-state index contributed by atoms with van der Waals surface area (Å²) in [6, 6.07) is 7.20. The molecule has 5 rings (SSSR count). The lowest BCUT2D eigenvalue weighted by Gasteiger charge is -2.36. The Morgan fingerprint density at radius 1 is 1.19 bits per heavy atom. The summed E-state index contributed by atoms with van der Waals surface area (Å²) in [5, 5.41) is 10.4. The zero-order valence-electron chi connectivity index (χ0n) is 18.4. The van der Waals surface area contributed by atoms with Crippen LogP contribution in [-0.4, -0.2) is 75.9 Å². The fraction of sp³-hybridized carbons (Fsp3) is 0.542. The van der Waals surface area contributed by atoms with Gasteiger partial charge in [-0.05, 0) is 42.8 Å². The quantitative estimate of drug-likeness (QED) is 0.753. The van der Waals surface area contributed by atoms with Crippen LogP contribution < -0.4 is 5.56 Å². The molecule has 2 saturated heterocycles. The number of hydrogen-bond acceptors (Lipinski definition) is 6. The van der Waals surface area contributed by atoms with E-state index < -0.39 is 0 Å². The van der Waals surface area contributed by atoms with Crippen LogP contribution in [0.4, 0.5) is 0 Å². The van der Waals surface area contributed by atoms with E-state index >= 15 is 0 Å². The van der Waals surface area contributed by atoms with Crippen molar-refractivity contribution < 1.29 is 14.6 Å². The molecule has 3 aliphatic heterocycles. The van der Waals surface area contributed by atoms with Crippen LogP contribution in [0.15, 0.2) is 41.5 Å². The molecule has 0 saturated carbocycles. The molecule has 0 aliphatic carbocycles. The Balaban J connectivity index is 1.53. The predicted molar refractivity (Wildman–Crippen MR) is 119 cm³/mol. The maximum Gasteiger partial charge on any atom is 0.258 e. The first-order chi connectivity index (χ1) is 15.7. The van der Waals surface area contributed by atoms with Crippen LogP contribution in [0.25, 0.3) is 11.1 Å². The van der Waals surface area contributed by atoms with E-state index in [1.807, 2.05) is 33.7 Å². The van der Waals surface area contributed by atoms with E-state index in [9.17, 15) is 14.7 Å². The minimum Gasteiger partial charge on any atom is -0.396 e. The SMILES string of the molecule is CCCN1[C@@H]2c3ccc(-c4ccncc4)c(=O)n3C[C@@H]2[C@@H](CO)[C@@H]1C(=O)N1CCOCC1. The maximum absolute atomic E-state index is 13.5. The van der Waals surface area contributed by atoms with Gasteiger partial charge in [0.1, 0.15) is 0 Å². The lowest BCUT2D eigenvalue weighted by molar-refractivity contribution is -0.142. The number of nitrogens with zero attached hydrogens (tertiary/aromatic N) is 4. The summed E-state index contributed by atoms with van der Waals surface area (Å²) in [5.41, 5.74) is 2.43. The van der Waals surface area contributed by atoms with Gasteiger partial charge < -0.3 is 19.3 Å². The lowest BCUT2D eigenvalue weighted by Crippen LogP contribution is -2.53. The van der Waals surface area contributed by atoms with Crippen LogP contribution in [0, 0.1) is 11.8 Å². The normalized spacial score (nSPS) is 27.4. The third-order valence-electron chi connectivity index (χ3n) is 7.24. The van der Waals surface area contributed by atoms with Crippen molar-refractivity contribution in [1.82, 2.24) is 19.4 Å². The first-order valence-electron chi connectivity index (χ1n) is 11.5. The molecule has 1 amide bonds. The minimum atomic E-state index is -0.364. The fourth-order valence-electron chi connectivity index (χ4n) is 5.83. The molecule has 1 N–H and O–H groups in total. The summed E-state index contributed by atoms with van der Waals surface area (Å²) in [7, 11) is 0. The largest absolute Gasteiger partial charge is 0.396 e. The van der Waals surface area contributed by atoms with Crippen molar-refractivity contribution >= 4 is 5.91 Å². The number of carbonyl (C=O) groups excluding carboxylic acids is 1. The highest BCUT2D eigenvalue weighted by Crippen LogP contribution is 2.49. The first kappa shape index (κ1) is 21.3. The zero-order valence-corrected chi connectivity index (χ0v) is 18.4. The molecule has 8 nitrogen and oxygen atoms in total. The van der Waals surface area contributed by atoms with Gasteiger partial charge in [0, 0.05) is 61.7 Å². The van der Waals surface area contributed by atoms with Gasteiger partial charge in [-0.25, -0.2) is 0 Å². The first-order valence-corrected chi connectivity index (χ1v) is 11.5. The van der Waals surface area contributed by atoms with Gasteiger partial charge in [-0.15, -0.1) is 0 Å². The highest BCUT2D eigenvalue weighted by molar-refractivity contribution is 5.83. The van der Waals surface area contributed by atoms with Gasteiger partial charge in [0.25, 0.3) is 5.56 Å². The van der Waals surface area contributed by atoms with E-state index in [0.717, 1.165) is 24.2 Å². The third-order valence-corrected chi connectivity index (χ3v) is 7.24. The molecule has 2 aromatic heterocycles. The number of rotatable bonds is 5. The molecular formula is C24H30N4O4. The van der Waals surface area contributed by atoms with E-state index in [0.29, 0.717) is 38.4 Å². The number of aliphatic hydroxyl groups is 1. The number of aliphatic hydroxyl groups excluding tert-OH is 1. The number of pyridine rings is 2. The third kappa shape index (κ3) is 3.37. The van der Waals surface area contributed by atoms with Crippen molar-refractivity contribution in [2.45, 2.75) is 32.0 Å². The van der Waals surface area contributed by atoms with Gasteiger partial charge in [0.15, 0.2) is 0 Å². The van der Waals surface area contributed by atoms with Crippen LogP contribution in [0.5, 0.6) is 0 Å². The molecule has 4 atom stereocenters. The fourth-order valence-corrected chi connectivity index (χ4v) is 5.83. The van der Waals surface area contributed by atoms with Crippen LogP contribution in [0.1, 0.15) is 25.1 Å². The standard InChI is InChI=1S/C24H30N4O4/c1-2-9-27-21-18(19(15-29)22(27)24(31)26-10-12-32-13-11-26)14-28-20(21)4-3-17(23(28)30)16-5-7-25-8-6-16/h3-8,18-19,21-22,29H,2,9-15H2,1H3/t18-,19-,21+,22-/m1/s1. The van der Waals surface area contributed by atoms with Crippen LogP contribution >= 0.6 is 0 Å². The number of hydrogen-bond donors (Lipinski definition) is 1. The Hall–Kier alpha value is -2.55. The highest BCUT2D eigenvalue weighted by Gasteiger charge is 2.55. The van der Waals surface area contributed by atoms with Crippen molar-refractivity contribution in [2.24, 2.45) is 11.8 Å². The van der Waals surface area contributed by atoms with E-state index in [1.54, 1.807) is 12.4 Å². The summed E-state index contributed by atoms with van der Waals surface area (Å²) < 4.78 is 7.28. The van der Waals surface area contributed by atoms with Crippen molar-refractivity contribution in [2.75, 3.05) is 39.5 Å². The molecule has 0 aromatic carbocycles. The molecule has 32 heavy (non-hydrogen) atoms. The molecular weight excluding hydrogens is 408 g/mol. The summed E-state index contributed by atoms with van der Waals surface area (Å²) in [6.07, 6.45) is 4.27. The van der Waals surface area contributed by atoms with Gasteiger partial charge in [-0.3, -0.25) is 19.5 Å². The second kappa shape index (κ2) is 8.77. The average Bonchev–Trinajstić information content (AvgIpc) is 3.36. The summed E-state index contributed by atoms with van der Waals surface area (Å²) in [5.74, 6) is -0.0926. The van der Waals surface area contributed by atoms with Crippen LogP contribution in [0.2, 0.25) is 0 Å². The summed E-state index contributed by atoms with van der Waals surface area (Å²) in [6.45, 7) is 5.60. The van der Waals surface area contributed by atoms with Crippen molar-refractivity contribution in [3.8, 4) is 11.1 Å². The second-order valence-corrected chi connectivity index (χ2v) is 8.90. The molecule has 5 heterocycles. The molecule has 3 aliphatic rings. The number of amides is 1. The van der Waals surface area contributed by atoms with Crippen LogP contribution in [-0.2, 0) is 16.1 Å². The van der Waals surface area contributed by atoms with Gasteiger partial charge in [-0.2, -0.15) is 0 Å². The average molecular weight is 439 g/mol. The van der Waals surface area contributed by atoms with Gasteiger partial charge >= 0.3 is 0 Å². The number of likely N-dealkylation sites (tertiary alicyclic amines) is 1. The molecule has 2 fully saturated rings. The summed E-state index contributed by atoms with van der Waals surface area (Å²) in [4.78, 5) is 35.1. The number of ether oxygens (including phenoxy) is 1. The molecule has 0 radical (unpaired) electrons. The maximum atomic E-state index is 13.5. The minimum absolute atomic E-state index is 0.0210. The lowest BCUT2D eigenvalue weighted by atomic mass is 9.88. The summed E-state index contributed by atoms with van der Waals surface area (Å²) >= 11 is 0. The number of fused-ring (bicyclic) bond motifs is 3. The molecule has 0 unspecified atom stereocenters. The number of aromatic nitrogens is 2. The number of morpholine rings is 1. The molecule has 8 heteroatoms. The molecule has 0 spiro atoms. The van der Waals surface area contributed by atoms with Crippen molar-refractivity contribution in [3.05, 3.63) is 52.7 Å². The Kier molecular flexibility index (Phi) is 5.84. The molecule has 0 bridgehead atoms. The van der Waals surface area contributed by atoms with Gasteiger partial charge in [0.2, 0.25) is 5.91 Å². The van der Waals surface area contributed by atoms with Crippen LogP contribution in [0.3, 0.4) is 0 Å². The highest BCUT2D eigenvalue weighted by atomic mass is 16.5. The Bertz CT molecular complexity index is 1030. The van der Waals surface area contributed by atoms with Gasteiger partial charge in [0.05, 0.1) is 25.3 Å². The van der Waals surface area contributed by atoms with E-state index in [1.165, 1.54) is 0 Å². The van der Waals surface area contributed by atoms with Gasteiger partial charge in [-0.1, -0.05) is 6.92 Å². The smallest absolute Gasteiger partial charge is 0.258 e. The Morgan fingerprint density at radius 3 is 2.62 bits per heavy atom. The monoisotopic (exact) mass is 438 g/mol. The number of carbonyl (C=O) groups is 1. The molecule has 170 valence electrons. The van der Waals surface area contributed by atoms with Crippen molar-refractivity contribution in [3.63, 3.8) is 0 Å².